The predicted octanol–water partition coefficient (Wildman–Crippen LogP) is 2.86. The Morgan fingerprint density at radius 3 is 2.50 bits per heavy atom. The summed E-state index contributed by atoms with van der Waals surface area (Å²) in [6.07, 6.45) is 2.04. The number of benzene rings is 1. The Bertz CT molecular complexity index is 339. The highest BCUT2D eigenvalue weighted by molar-refractivity contribution is 7.98. The summed E-state index contributed by atoms with van der Waals surface area (Å²) in [6, 6.07) is 7.44. The minimum absolute atomic E-state index is 0.0650. The summed E-state index contributed by atoms with van der Waals surface area (Å²) in [5.74, 6) is 1.51. The molecule has 0 aliphatic carbocycles. The van der Waals surface area contributed by atoms with Crippen molar-refractivity contribution in [3.05, 3.63) is 35.4 Å². The lowest BCUT2D eigenvalue weighted by Crippen LogP contribution is -2.28. The fourth-order valence-electron chi connectivity index (χ4n) is 1.29. The van der Waals surface area contributed by atoms with Crippen LogP contribution in [-0.2, 0) is 5.88 Å². The highest BCUT2D eigenvalue weighted by atomic mass is 35.5. The lowest BCUT2D eigenvalue weighted by atomic mass is 10.1. The van der Waals surface area contributed by atoms with E-state index < -0.39 is 0 Å². The maximum Gasteiger partial charge on any atom is 0.253 e. The molecule has 0 unspecified atom stereocenters. The van der Waals surface area contributed by atoms with Crippen LogP contribution in [0.25, 0.3) is 0 Å². The first-order chi connectivity index (χ1) is 7.69. The molecule has 0 bridgehead atoms. The number of thioether (sulfide) groups is 1. The van der Waals surface area contributed by atoms with Gasteiger partial charge in [0.25, 0.3) is 5.91 Å². The maximum atomic E-state index is 11.9. The van der Waals surface area contributed by atoms with Crippen LogP contribution in [-0.4, -0.2) is 36.4 Å². The molecule has 16 heavy (non-hydrogen) atoms. The molecular formula is C12H16ClNOS. The molecule has 0 radical (unpaired) electrons. The van der Waals surface area contributed by atoms with E-state index >= 15 is 0 Å². The Labute approximate surface area is 106 Å². The number of alkyl halides is 1. The smallest absolute Gasteiger partial charge is 0.253 e. The fraction of sp³-hybridized carbons (Fsp3) is 0.417. The van der Waals surface area contributed by atoms with Gasteiger partial charge in [0.1, 0.15) is 0 Å². The summed E-state index contributed by atoms with van der Waals surface area (Å²) >= 11 is 7.43. The van der Waals surface area contributed by atoms with Gasteiger partial charge in [0.15, 0.2) is 0 Å². The minimum atomic E-state index is 0.0650. The first-order valence-corrected chi connectivity index (χ1v) is 7.01. The molecule has 0 aliphatic rings. The predicted molar refractivity (Wildman–Crippen MR) is 71.3 cm³/mol. The molecule has 2 nitrogen and oxygen atoms in total. The van der Waals surface area contributed by atoms with Crippen LogP contribution in [0.15, 0.2) is 24.3 Å². The van der Waals surface area contributed by atoms with Gasteiger partial charge in [-0.2, -0.15) is 11.8 Å². The van der Waals surface area contributed by atoms with Gasteiger partial charge in [-0.25, -0.2) is 0 Å². The number of halogens is 1. The van der Waals surface area contributed by atoms with Crippen molar-refractivity contribution in [1.29, 1.82) is 0 Å². The third kappa shape index (κ3) is 3.72. The van der Waals surface area contributed by atoms with Crippen molar-refractivity contribution >= 4 is 29.3 Å². The molecule has 0 heterocycles. The molecule has 0 aliphatic heterocycles. The lowest BCUT2D eigenvalue weighted by molar-refractivity contribution is 0.0804. The van der Waals surface area contributed by atoms with Gasteiger partial charge in [0.2, 0.25) is 0 Å². The Hall–Kier alpha value is -0.670. The molecule has 0 aromatic heterocycles. The largest absolute Gasteiger partial charge is 0.341 e. The number of hydrogen-bond acceptors (Lipinski definition) is 2. The Morgan fingerprint density at radius 1 is 1.38 bits per heavy atom. The summed E-state index contributed by atoms with van der Waals surface area (Å²) in [4.78, 5) is 13.7. The summed E-state index contributed by atoms with van der Waals surface area (Å²) in [6.45, 7) is 0.775. The molecule has 1 aromatic carbocycles. The van der Waals surface area contributed by atoms with E-state index in [1.54, 1.807) is 16.7 Å². The number of carbonyl (C=O) groups excluding carboxylic acids is 1. The fourth-order valence-corrected chi connectivity index (χ4v) is 1.92. The third-order valence-electron chi connectivity index (χ3n) is 2.33. The van der Waals surface area contributed by atoms with Crippen LogP contribution in [0.4, 0.5) is 0 Å². The molecular weight excluding hydrogens is 242 g/mol. The zero-order valence-corrected chi connectivity index (χ0v) is 11.1. The summed E-state index contributed by atoms with van der Waals surface area (Å²) in [5, 5.41) is 0. The molecule has 0 N–H and O–H groups in total. The number of amides is 1. The second kappa shape index (κ2) is 6.81. The van der Waals surface area contributed by atoms with Crippen molar-refractivity contribution in [2.75, 3.05) is 25.6 Å². The van der Waals surface area contributed by atoms with E-state index in [2.05, 4.69) is 0 Å². The Kier molecular flexibility index (Phi) is 5.71. The van der Waals surface area contributed by atoms with E-state index in [1.165, 1.54) is 0 Å². The summed E-state index contributed by atoms with van der Waals surface area (Å²) in [7, 11) is 1.83. The van der Waals surface area contributed by atoms with Crippen LogP contribution in [0.3, 0.4) is 0 Å². The van der Waals surface area contributed by atoms with Gasteiger partial charge < -0.3 is 4.90 Å². The molecule has 1 amide bonds. The highest BCUT2D eigenvalue weighted by Crippen LogP contribution is 2.09. The van der Waals surface area contributed by atoms with Gasteiger partial charge in [0.05, 0.1) is 0 Å². The SMILES string of the molecule is CSCCN(C)C(=O)c1ccc(CCl)cc1. The van der Waals surface area contributed by atoms with Gasteiger partial charge in [0, 0.05) is 30.8 Å². The van der Waals surface area contributed by atoms with E-state index in [4.69, 9.17) is 11.6 Å². The second-order valence-corrected chi connectivity index (χ2v) is 4.80. The topological polar surface area (TPSA) is 20.3 Å². The van der Waals surface area contributed by atoms with Crippen LogP contribution >= 0.6 is 23.4 Å². The Balaban J connectivity index is 2.64. The molecule has 88 valence electrons. The van der Waals surface area contributed by atoms with E-state index in [1.807, 2.05) is 37.6 Å². The van der Waals surface area contributed by atoms with E-state index in [0.717, 1.165) is 23.4 Å². The van der Waals surface area contributed by atoms with Crippen LogP contribution in [0.5, 0.6) is 0 Å². The van der Waals surface area contributed by atoms with Crippen LogP contribution < -0.4 is 0 Å². The number of hydrogen-bond donors (Lipinski definition) is 0. The van der Waals surface area contributed by atoms with Crippen LogP contribution in [0.2, 0.25) is 0 Å². The molecule has 0 fully saturated rings. The van der Waals surface area contributed by atoms with Crippen molar-refractivity contribution in [1.82, 2.24) is 4.90 Å². The first kappa shape index (κ1) is 13.4. The maximum absolute atomic E-state index is 11.9. The van der Waals surface area contributed by atoms with Crippen LogP contribution in [0, 0.1) is 0 Å². The first-order valence-electron chi connectivity index (χ1n) is 5.08. The van der Waals surface area contributed by atoms with Gasteiger partial charge in [-0.3, -0.25) is 4.79 Å². The quantitative estimate of drug-likeness (QED) is 0.756. The zero-order valence-electron chi connectivity index (χ0n) is 9.57. The molecule has 1 aromatic rings. The van der Waals surface area contributed by atoms with Crippen molar-refractivity contribution in [3.63, 3.8) is 0 Å². The van der Waals surface area contributed by atoms with Crippen LogP contribution in [0.1, 0.15) is 15.9 Å². The van der Waals surface area contributed by atoms with Crippen molar-refractivity contribution < 1.29 is 4.79 Å². The molecule has 4 heteroatoms. The number of rotatable bonds is 5. The summed E-state index contributed by atoms with van der Waals surface area (Å²) in [5.41, 5.74) is 1.75. The van der Waals surface area contributed by atoms with Gasteiger partial charge in [-0.1, -0.05) is 12.1 Å². The van der Waals surface area contributed by atoms with E-state index in [9.17, 15) is 4.79 Å². The molecule has 0 spiro atoms. The Morgan fingerprint density at radius 2 is 2.00 bits per heavy atom. The van der Waals surface area contributed by atoms with E-state index in [-0.39, 0.29) is 5.91 Å². The van der Waals surface area contributed by atoms with Gasteiger partial charge in [-0.15, -0.1) is 11.6 Å². The molecule has 0 saturated heterocycles. The number of nitrogens with zero attached hydrogens (tertiary/aromatic N) is 1. The standard InChI is InChI=1S/C12H16ClNOS/c1-14(7-8-16-2)12(15)11-5-3-10(9-13)4-6-11/h3-6H,7-9H2,1-2H3. The summed E-state index contributed by atoms with van der Waals surface area (Å²) < 4.78 is 0. The van der Waals surface area contributed by atoms with Gasteiger partial charge >= 0.3 is 0 Å². The van der Waals surface area contributed by atoms with Gasteiger partial charge in [-0.05, 0) is 24.0 Å². The second-order valence-electron chi connectivity index (χ2n) is 3.55. The van der Waals surface area contributed by atoms with Crippen molar-refractivity contribution in [2.45, 2.75) is 5.88 Å². The van der Waals surface area contributed by atoms with Crippen molar-refractivity contribution in [2.24, 2.45) is 0 Å². The normalized spacial score (nSPS) is 10.2. The monoisotopic (exact) mass is 257 g/mol. The molecule has 1 rings (SSSR count). The molecule has 0 saturated carbocycles. The average Bonchev–Trinajstić information content (AvgIpc) is 2.35. The average molecular weight is 258 g/mol. The zero-order chi connectivity index (χ0) is 12.0. The highest BCUT2D eigenvalue weighted by Gasteiger charge is 2.10. The number of carbonyl (C=O) groups is 1. The molecule has 0 atom stereocenters. The minimum Gasteiger partial charge on any atom is -0.341 e. The van der Waals surface area contributed by atoms with Crippen molar-refractivity contribution in [3.8, 4) is 0 Å². The van der Waals surface area contributed by atoms with E-state index in [0.29, 0.717) is 5.88 Å². The third-order valence-corrected chi connectivity index (χ3v) is 3.23. The lowest BCUT2D eigenvalue weighted by Gasteiger charge is -2.16.